The number of carbonyl (C=O) groups excluding carboxylic acids is 1. The van der Waals surface area contributed by atoms with Crippen molar-refractivity contribution in [3.05, 3.63) is 66.4 Å². The molecule has 8 nitrogen and oxygen atoms in total. The predicted molar refractivity (Wildman–Crippen MR) is 175 cm³/mol. The molecule has 0 unspecified atom stereocenters. The number of halogens is 4. The fourth-order valence-electron chi connectivity index (χ4n) is 7.91. The number of alkyl halides is 2. The van der Waals surface area contributed by atoms with Gasteiger partial charge in [-0.15, -0.1) is 6.42 Å². The Labute approximate surface area is 275 Å². The third-order valence-electron chi connectivity index (χ3n) is 10.2. The van der Waals surface area contributed by atoms with Crippen LogP contribution in [0.25, 0.3) is 32.9 Å². The molecule has 1 amide bonds. The summed E-state index contributed by atoms with van der Waals surface area (Å²) in [6.07, 6.45) is 9.68. The van der Waals surface area contributed by atoms with E-state index < -0.39 is 42.1 Å². The van der Waals surface area contributed by atoms with Crippen LogP contribution in [0.2, 0.25) is 0 Å². The molecule has 0 aliphatic carbocycles. The Morgan fingerprint density at radius 1 is 1.25 bits per heavy atom. The number of hydrogen-bond donors (Lipinski definition) is 0. The molecule has 0 N–H and O–H groups in total. The van der Waals surface area contributed by atoms with Crippen LogP contribution in [0.3, 0.4) is 0 Å². The molecule has 3 fully saturated rings. The first-order valence-corrected chi connectivity index (χ1v) is 16.0. The third kappa shape index (κ3) is 5.12. The van der Waals surface area contributed by atoms with Gasteiger partial charge in [0.1, 0.15) is 42.3 Å². The SMILES string of the molecule is C#Cc1c(F)ccc2cccc(-c3ncc4c(N(C)[C@@H]5CCN(C(=O)C=C)[C@@H]5CF)nc(OC[C@@]56CCCN5C[C@H](F)C6)nc4c3F)c12. The van der Waals surface area contributed by atoms with Crippen molar-refractivity contribution in [2.75, 3.05) is 44.9 Å². The van der Waals surface area contributed by atoms with Crippen LogP contribution in [0.1, 0.15) is 31.2 Å². The summed E-state index contributed by atoms with van der Waals surface area (Å²) in [5.74, 6) is 0.802. The lowest BCUT2D eigenvalue weighted by molar-refractivity contribution is -0.127. The van der Waals surface area contributed by atoms with Crippen molar-refractivity contribution in [2.24, 2.45) is 0 Å². The van der Waals surface area contributed by atoms with Crippen LogP contribution in [0, 0.1) is 24.0 Å². The van der Waals surface area contributed by atoms with E-state index in [1.165, 1.54) is 17.2 Å². The molecule has 2 aromatic heterocycles. The molecular weight excluding hydrogens is 624 g/mol. The molecule has 248 valence electrons. The van der Waals surface area contributed by atoms with E-state index in [0.717, 1.165) is 25.5 Å². The zero-order valence-corrected chi connectivity index (χ0v) is 26.4. The van der Waals surface area contributed by atoms with Crippen LogP contribution in [0.15, 0.2) is 49.2 Å². The number of likely N-dealkylation sites (N-methyl/N-ethyl adjacent to an activating group) is 1. The number of nitrogens with zero attached hydrogens (tertiary/aromatic N) is 6. The number of amides is 1. The van der Waals surface area contributed by atoms with Crippen LogP contribution >= 0.6 is 0 Å². The third-order valence-corrected chi connectivity index (χ3v) is 10.2. The van der Waals surface area contributed by atoms with Crippen molar-refractivity contribution in [3.8, 4) is 29.6 Å². The van der Waals surface area contributed by atoms with Gasteiger partial charge in [0.15, 0.2) is 5.82 Å². The van der Waals surface area contributed by atoms with Gasteiger partial charge in [0.2, 0.25) is 5.91 Å². The minimum absolute atomic E-state index is 0.0169. The summed E-state index contributed by atoms with van der Waals surface area (Å²) in [4.78, 5) is 31.4. The number of fused-ring (bicyclic) bond motifs is 3. The summed E-state index contributed by atoms with van der Waals surface area (Å²) in [6, 6.07) is 6.45. The Hall–Kier alpha value is -4.76. The Kier molecular flexibility index (Phi) is 8.19. The molecule has 48 heavy (non-hydrogen) atoms. The second-order valence-corrected chi connectivity index (χ2v) is 12.8. The van der Waals surface area contributed by atoms with Gasteiger partial charge in [-0.3, -0.25) is 14.7 Å². The van der Waals surface area contributed by atoms with Crippen molar-refractivity contribution < 1.29 is 27.1 Å². The largest absolute Gasteiger partial charge is 0.461 e. The Bertz CT molecular complexity index is 1980. The van der Waals surface area contributed by atoms with Gasteiger partial charge in [-0.2, -0.15) is 9.97 Å². The Balaban J connectivity index is 1.36. The van der Waals surface area contributed by atoms with Gasteiger partial charge >= 0.3 is 6.01 Å². The molecule has 0 saturated carbocycles. The molecule has 3 aliphatic heterocycles. The van der Waals surface area contributed by atoms with Gasteiger partial charge in [-0.25, -0.2) is 17.6 Å². The molecule has 2 aromatic carbocycles. The normalized spacial score (nSPS) is 23.8. The van der Waals surface area contributed by atoms with Crippen LogP contribution in [-0.2, 0) is 4.79 Å². The topological polar surface area (TPSA) is 74.7 Å². The summed E-state index contributed by atoms with van der Waals surface area (Å²) in [7, 11) is 1.70. The first kappa shape index (κ1) is 31.8. The summed E-state index contributed by atoms with van der Waals surface area (Å²) in [6.45, 7) is 4.23. The van der Waals surface area contributed by atoms with Gasteiger partial charge in [-0.1, -0.05) is 36.8 Å². The second-order valence-electron chi connectivity index (χ2n) is 12.8. The fourth-order valence-corrected chi connectivity index (χ4v) is 7.91. The van der Waals surface area contributed by atoms with Gasteiger partial charge in [0.25, 0.3) is 0 Å². The number of aromatic nitrogens is 3. The number of likely N-dealkylation sites (tertiary alicyclic amines) is 1. The monoisotopic (exact) mass is 658 g/mol. The van der Waals surface area contributed by atoms with Crippen molar-refractivity contribution in [1.82, 2.24) is 24.8 Å². The highest BCUT2D eigenvalue weighted by atomic mass is 19.1. The molecule has 4 aromatic rings. The van der Waals surface area contributed by atoms with Gasteiger partial charge in [-0.05, 0) is 43.3 Å². The molecule has 5 heterocycles. The molecule has 0 radical (unpaired) electrons. The standard InChI is InChI=1S/C36H34F4N6O2/c1-4-23-26(39)11-10-21-8-6-9-24(30(21)23)32-31(40)33-25(18-41-32)34(44(3)27-12-15-46(28(27)17-37)29(47)5-2)43-35(42-33)48-20-36-13-7-14-45(36)19-22(38)16-36/h1,5-6,8-11,18,22,27-28H,2,7,12-17,19-20H2,3H3/t22-,27-,28-,36+/m1/s1. The number of anilines is 1. The van der Waals surface area contributed by atoms with Gasteiger partial charge < -0.3 is 14.5 Å². The quantitative estimate of drug-likeness (QED) is 0.138. The maximum Gasteiger partial charge on any atom is 0.319 e. The van der Waals surface area contributed by atoms with E-state index in [1.807, 2.05) is 0 Å². The summed E-state index contributed by atoms with van der Waals surface area (Å²) >= 11 is 0. The highest BCUT2D eigenvalue weighted by Crippen LogP contribution is 2.41. The molecule has 4 atom stereocenters. The van der Waals surface area contributed by atoms with E-state index in [0.29, 0.717) is 36.7 Å². The zero-order valence-electron chi connectivity index (χ0n) is 26.4. The molecule has 0 bridgehead atoms. The maximum atomic E-state index is 16.8. The van der Waals surface area contributed by atoms with E-state index in [1.54, 1.807) is 36.2 Å². The van der Waals surface area contributed by atoms with Crippen LogP contribution < -0.4 is 9.64 Å². The molecule has 3 aliphatic rings. The lowest BCUT2D eigenvalue weighted by Crippen LogP contribution is -2.47. The first-order valence-electron chi connectivity index (χ1n) is 16.0. The highest BCUT2D eigenvalue weighted by molar-refractivity contribution is 6.02. The average Bonchev–Trinajstić information content (AvgIpc) is 3.78. The lowest BCUT2D eigenvalue weighted by atomic mass is 9.95. The number of benzene rings is 2. The smallest absolute Gasteiger partial charge is 0.319 e. The summed E-state index contributed by atoms with van der Waals surface area (Å²) in [5, 5.41) is 1.17. The Morgan fingerprint density at radius 2 is 2.08 bits per heavy atom. The lowest BCUT2D eigenvalue weighted by Gasteiger charge is -2.33. The van der Waals surface area contributed by atoms with Crippen LogP contribution in [0.5, 0.6) is 6.01 Å². The molecular formula is C36H34F4N6O2. The second kappa shape index (κ2) is 12.4. The van der Waals surface area contributed by atoms with Crippen molar-refractivity contribution in [3.63, 3.8) is 0 Å². The van der Waals surface area contributed by atoms with Crippen molar-refractivity contribution >= 4 is 33.4 Å². The van der Waals surface area contributed by atoms with E-state index in [-0.39, 0.29) is 52.1 Å². The number of ether oxygens (including phenoxy) is 1. The maximum absolute atomic E-state index is 16.8. The molecule has 7 rings (SSSR count). The summed E-state index contributed by atoms with van der Waals surface area (Å²) < 4.78 is 66.8. The van der Waals surface area contributed by atoms with E-state index >= 15 is 4.39 Å². The number of terminal acetylenes is 1. The van der Waals surface area contributed by atoms with Crippen LogP contribution in [-0.4, -0.2) is 94.4 Å². The van der Waals surface area contributed by atoms with Crippen molar-refractivity contribution in [2.45, 2.75) is 49.5 Å². The first-order chi connectivity index (χ1) is 23.2. The van der Waals surface area contributed by atoms with E-state index in [4.69, 9.17) is 11.2 Å². The predicted octanol–water partition coefficient (Wildman–Crippen LogP) is 5.62. The number of hydrogen-bond acceptors (Lipinski definition) is 7. The molecule has 0 spiro atoms. The van der Waals surface area contributed by atoms with E-state index in [9.17, 15) is 18.0 Å². The highest BCUT2D eigenvalue weighted by Gasteiger charge is 2.49. The molecule has 12 heteroatoms. The van der Waals surface area contributed by atoms with Crippen molar-refractivity contribution in [1.29, 1.82) is 0 Å². The minimum atomic E-state index is -0.973. The summed E-state index contributed by atoms with van der Waals surface area (Å²) in [5.41, 5.74) is -0.470. The zero-order chi connectivity index (χ0) is 33.7. The number of rotatable bonds is 8. The number of pyridine rings is 1. The van der Waals surface area contributed by atoms with Gasteiger partial charge in [0.05, 0.1) is 28.6 Å². The fraction of sp³-hybridized carbons (Fsp3) is 0.389. The number of carbonyl (C=O) groups is 1. The van der Waals surface area contributed by atoms with Gasteiger partial charge in [0, 0.05) is 43.7 Å². The average molecular weight is 659 g/mol. The minimum Gasteiger partial charge on any atom is -0.461 e. The molecule has 3 saturated heterocycles. The Morgan fingerprint density at radius 3 is 2.85 bits per heavy atom. The van der Waals surface area contributed by atoms with Crippen LogP contribution in [0.4, 0.5) is 23.4 Å². The van der Waals surface area contributed by atoms with E-state index in [2.05, 4.69) is 32.4 Å².